The number of amides is 1. The molecule has 2 atom stereocenters. The number of hydrogen-bond donors (Lipinski definition) is 1. The quantitative estimate of drug-likeness (QED) is 0.870. The van der Waals surface area contributed by atoms with Crippen LogP contribution in [0.5, 0.6) is 0 Å². The highest BCUT2D eigenvalue weighted by Gasteiger charge is 2.34. The zero-order valence-electron chi connectivity index (χ0n) is 15.8. The number of halogens is 1. The molecule has 1 heterocycles. The summed E-state index contributed by atoms with van der Waals surface area (Å²) in [6, 6.07) is 9.95. The fraction of sp³-hybridized carbons (Fsp3) is 0.364. The zero-order valence-corrected chi connectivity index (χ0v) is 15.8. The normalized spacial score (nSPS) is 20.0. The van der Waals surface area contributed by atoms with Crippen LogP contribution < -0.4 is 4.90 Å². The molecule has 1 fully saturated rings. The highest BCUT2D eigenvalue weighted by molar-refractivity contribution is 5.98. The van der Waals surface area contributed by atoms with Crippen LogP contribution in [0.3, 0.4) is 0 Å². The second-order valence-corrected chi connectivity index (χ2v) is 7.51. The van der Waals surface area contributed by atoms with Gasteiger partial charge in [-0.15, -0.1) is 0 Å². The van der Waals surface area contributed by atoms with Gasteiger partial charge in [0.25, 0.3) is 0 Å². The predicted molar refractivity (Wildman–Crippen MR) is 103 cm³/mol. The van der Waals surface area contributed by atoms with Crippen LogP contribution in [0.4, 0.5) is 10.1 Å². The fourth-order valence-corrected chi connectivity index (χ4v) is 4.12. The number of benzene rings is 2. The molecular weight excluding hydrogens is 345 g/mol. The van der Waals surface area contributed by atoms with Crippen molar-refractivity contribution >= 4 is 17.6 Å². The van der Waals surface area contributed by atoms with Crippen LogP contribution in [0, 0.1) is 31.5 Å². The van der Waals surface area contributed by atoms with Gasteiger partial charge in [-0.05, 0) is 67.5 Å². The van der Waals surface area contributed by atoms with Crippen LogP contribution in [-0.4, -0.2) is 23.5 Å². The van der Waals surface area contributed by atoms with Crippen molar-refractivity contribution in [2.24, 2.45) is 11.8 Å². The number of hydrogen-bond acceptors (Lipinski definition) is 2. The van der Waals surface area contributed by atoms with Crippen LogP contribution in [0.2, 0.25) is 0 Å². The molecule has 0 spiro atoms. The van der Waals surface area contributed by atoms with Gasteiger partial charge in [-0.2, -0.15) is 0 Å². The maximum Gasteiger partial charge on any atom is 0.335 e. The zero-order chi connectivity index (χ0) is 19.7. The Hall–Kier alpha value is -2.69. The molecule has 27 heavy (non-hydrogen) atoms. The summed E-state index contributed by atoms with van der Waals surface area (Å²) in [5.74, 6) is -1.18. The lowest BCUT2D eigenvalue weighted by Gasteiger charge is -2.38. The van der Waals surface area contributed by atoms with E-state index in [9.17, 15) is 19.1 Å². The summed E-state index contributed by atoms with van der Waals surface area (Å²) >= 11 is 0. The number of carboxylic acids is 1. The second kappa shape index (κ2) is 7.51. The van der Waals surface area contributed by atoms with Crippen molar-refractivity contribution in [1.82, 2.24) is 0 Å². The number of carbonyl (C=O) groups is 2. The monoisotopic (exact) mass is 369 g/mol. The minimum absolute atomic E-state index is 0.0362. The van der Waals surface area contributed by atoms with Crippen molar-refractivity contribution in [3.63, 3.8) is 0 Å². The van der Waals surface area contributed by atoms with Crippen LogP contribution in [-0.2, 0) is 11.2 Å². The highest BCUT2D eigenvalue weighted by atomic mass is 19.1. The van der Waals surface area contributed by atoms with Crippen molar-refractivity contribution in [1.29, 1.82) is 0 Å². The summed E-state index contributed by atoms with van der Waals surface area (Å²) in [6.07, 6.45) is 1.29. The number of rotatable bonds is 4. The van der Waals surface area contributed by atoms with E-state index in [1.807, 2.05) is 26.8 Å². The Morgan fingerprint density at radius 3 is 2.44 bits per heavy atom. The lowest BCUT2D eigenvalue weighted by molar-refractivity contribution is -0.124. The van der Waals surface area contributed by atoms with E-state index >= 15 is 0 Å². The van der Waals surface area contributed by atoms with E-state index in [-0.39, 0.29) is 29.1 Å². The molecule has 4 nitrogen and oxygen atoms in total. The summed E-state index contributed by atoms with van der Waals surface area (Å²) in [5, 5.41) is 9.25. The van der Waals surface area contributed by atoms with Gasteiger partial charge in [0.05, 0.1) is 5.56 Å². The third-order valence-electron chi connectivity index (χ3n) is 5.29. The van der Waals surface area contributed by atoms with Crippen molar-refractivity contribution in [3.8, 4) is 0 Å². The minimum atomic E-state index is -0.983. The Balaban J connectivity index is 1.92. The standard InChI is InChI=1S/C22H24FNO3/c1-13-9-18(22(26)27)10-14(2)20(13)24-12-16(8-15(3)21(24)25)11-17-6-4-5-7-19(17)23/h4-7,9-10,15-16H,8,11-12H2,1-3H3,(H,26,27)/t15-,16-/m1/s1. The molecule has 0 aromatic heterocycles. The van der Waals surface area contributed by atoms with Gasteiger partial charge < -0.3 is 10.0 Å². The first-order valence-electron chi connectivity index (χ1n) is 9.17. The minimum Gasteiger partial charge on any atom is -0.478 e. The van der Waals surface area contributed by atoms with Crippen LogP contribution >= 0.6 is 0 Å². The molecular formula is C22H24FNO3. The average Bonchev–Trinajstić information content (AvgIpc) is 2.60. The Morgan fingerprint density at radius 2 is 1.85 bits per heavy atom. The molecule has 5 heteroatoms. The smallest absolute Gasteiger partial charge is 0.335 e. The Morgan fingerprint density at radius 1 is 1.22 bits per heavy atom. The number of piperidine rings is 1. The molecule has 0 radical (unpaired) electrons. The molecule has 0 aliphatic carbocycles. The fourth-order valence-electron chi connectivity index (χ4n) is 4.12. The summed E-state index contributed by atoms with van der Waals surface area (Å²) in [5.41, 5.74) is 3.18. The lowest BCUT2D eigenvalue weighted by atomic mass is 9.84. The van der Waals surface area contributed by atoms with E-state index < -0.39 is 5.97 Å². The van der Waals surface area contributed by atoms with E-state index in [0.717, 1.165) is 23.2 Å². The van der Waals surface area contributed by atoms with Gasteiger partial charge in [0.1, 0.15) is 5.82 Å². The van der Waals surface area contributed by atoms with E-state index in [2.05, 4.69) is 0 Å². The molecule has 0 saturated carbocycles. The van der Waals surface area contributed by atoms with Gasteiger partial charge in [0.2, 0.25) is 5.91 Å². The molecule has 1 amide bonds. The van der Waals surface area contributed by atoms with Crippen molar-refractivity contribution in [2.45, 2.75) is 33.6 Å². The molecule has 2 aromatic carbocycles. The molecule has 3 rings (SSSR count). The van der Waals surface area contributed by atoms with Gasteiger partial charge >= 0.3 is 5.97 Å². The average molecular weight is 369 g/mol. The van der Waals surface area contributed by atoms with Crippen molar-refractivity contribution in [2.75, 3.05) is 11.4 Å². The summed E-state index contributed by atoms with van der Waals surface area (Å²) < 4.78 is 14.1. The molecule has 1 saturated heterocycles. The van der Waals surface area contributed by atoms with E-state index in [1.165, 1.54) is 6.07 Å². The first-order valence-corrected chi connectivity index (χ1v) is 9.17. The third-order valence-corrected chi connectivity index (χ3v) is 5.29. The molecule has 0 unspecified atom stereocenters. The van der Waals surface area contributed by atoms with Crippen molar-refractivity contribution < 1.29 is 19.1 Å². The maximum absolute atomic E-state index is 14.1. The number of carbonyl (C=O) groups excluding carboxylic acids is 1. The Kier molecular flexibility index (Phi) is 5.31. The lowest BCUT2D eigenvalue weighted by Crippen LogP contribution is -2.46. The van der Waals surface area contributed by atoms with E-state index in [0.29, 0.717) is 18.5 Å². The van der Waals surface area contributed by atoms with Crippen LogP contribution in [0.15, 0.2) is 36.4 Å². The first-order chi connectivity index (χ1) is 12.8. The van der Waals surface area contributed by atoms with Gasteiger partial charge in [-0.3, -0.25) is 4.79 Å². The van der Waals surface area contributed by atoms with Crippen LogP contribution in [0.1, 0.15) is 40.4 Å². The molecule has 1 aliphatic rings. The number of aromatic carboxylic acids is 1. The number of anilines is 1. The summed E-state index contributed by atoms with van der Waals surface area (Å²) in [4.78, 5) is 25.9. The third kappa shape index (κ3) is 3.87. The molecule has 142 valence electrons. The number of nitrogens with zero attached hydrogens (tertiary/aromatic N) is 1. The van der Waals surface area contributed by atoms with Gasteiger partial charge in [-0.1, -0.05) is 25.1 Å². The number of aryl methyl sites for hydroxylation is 2. The predicted octanol–water partition coefficient (Wildman–Crippen LogP) is 4.37. The summed E-state index contributed by atoms with van der Waals surface area (Å²) in [7, 11) is 0. The number of carboxylic acid groups (broad SMARTS) is 1. The van der Waals surface area contributed by atoms with Crippen LogP contribution in [0.25, 0.3) is 0 Å². The van der Waals surface area contributed by atoms with Crippen molar-refractivity contribution in [3.05, 3.63) is 64.5 Å². The Labute approximate surface area is 158 Å². The van der Waals surface area contributed by atoms with E-state index in [4.69, 9.17) is 0 Å². The van der Waals surface area contributed by atoms with Gasteiger partial charge in [-0.25, -0.2) is 9.18 Å². The van der Waals surface area contributed by atoms with E-state index in [1.54, 1.807) is 29.2 Å². The van der Waals surface area contributed by atoms with Gasteiger partial charge in [0.15, 0.2) is 0 Å². The molecule has 1 N–H and O–H groups in total. The Bertz CT molecular complexity index is 870. The summed E-state index contributed by atoms with van der Waals surface area (Å²) in [6.45, 7) is 6.06. The maximum atomic E-state index is 14.1. The molecule has 1 aliphatic heterocycles. The molecule has 2 aromatic rings. The van der Waals surface area contributed by atoms with Gasteiger partial charge in [0, 0.05) is 18.2 Å². The molecule has 0 bridgehead atoms. The second-order valence-electron chi connectivity index (χ2n) is 7.51. The largest absolute Gasteiger partial charge is 0.478 e. The SMILES string of the molecule is Cc1cc(C(=O)O)cc(C)c1N1C[C@@H](Cc2ccccc2F)C[C@@H](C)C1=O. The first kappa shape index (κ1) is 19.1. The topological polar surface area (TPSA) is 57.6 Å². The highest BCUT2D eigenvalue weighted by Crippen LogP contribution is 2.34.